The number of pyridine rings is 1. The van der Waals surface area contributed by atoms with Gasteiger partial charge >= 0.3 is 0 Å². The van der Waals surface area contributed by atoms with Gasteiger partial charge in [-0.1, -0.05) is 25.4 Å². The number of anilines is 1. The molecular formula is C11H17BrClN3. The van der Waals surface area contributed by atoms with Gasteiger partial charge in [-0.2, -0.15) is 0 Å². The van der Waals surface area contributed by atoms with Crippen molar-refractivity contribution >= 4 is 33.3 Å². The van der Waals surface area contributed by atoms with Crippen LogP contribution in [0.4, 0.5) is 5.82 Å². The van der Waals surface area contributed by atoms with E-state index >= 15 is 0 Å². The Hall–Kier alpha value is -0.320. The zero-order valence-corrected chi connectivity index (χ0v) is 11.8. The van der Waals surface area contributed by atoms with Crippen molar-refractivity contribution in [3.05, 3.63) is 21.8 Å². The second kappa shape index (κ2) is 6.42. The van der Waals surface area contributed by atoms with Gasteiger partial charge in [-0.15, -0.1) is 0 Å². The molecule has 1 unspecified atom stereocenters. The van der Waals surface area contributed by atoms with E-state index in [-0.39, 0.29) is 6.04 Å². The van der Waals surface area contributed by atoms with Crippen LogP contribution in [0.5, 0.6) is 0 Å². The average Bonchev–Trinajstić information content (AvgIpc) is 2.20. The molecule has 16 heavy (non-hydrogen) atoms. The lowest BCUT2D eigenvalue weighted by molar-refractivity contribution is 0.521. The van der Waals surface area contributed by atoms with Gasteiger partial charge in [0.25, 0.3) is 0 Å². The Morgan fingerprint density at radius 2 is 2.25 bits per heavy atom. The predicted octanol–water partition coefficient (Wildman–Crippen LogP) is 3.28. The summed E-state index contributed by atoms with van der Waals surface area (Å²) in [6.45, 7) is 4.94. The monoisotopic (exact) mass is 305 g/mol. The van der Waals surface area contributed by atoms with E-state index in [1.54, 1.807) is 6.20 Å². The highest BCUT2D eigenvalue weighted by Crippen LogP contribution is 2.24. The fourth-order valence-corrected chi connectivity index (χ4v) is 2.25. The van der Waals surface area contributed by atoms with Crippen molar-refractivity contribution in [3.63, 3.8) is 0 Å². The number of hydrogen-bond donors (Lipinski definition) is 2. The largest absolute Gasteiger partial charge is 0.365 e. The van der Waals surface area contributed by atoms with Gasteiger partial charge < -0.3 is 11.1 Å². The summed E-state index contributed by atoms with van der Waals surface area (Å²) in [5.74, 6) is 1.40. The minimum Gasteiger partial charge on any atom is -0.365 e. The number of nitrogens with zero attached hydrogens (tertiary/aromatic N) is 1. The van der Waals surface area contributed by atoms with Crippen molar-refractivity contribution in [1.29, 1.82) is 0 Å². The van der Waals surface area contributed by atoms with Crippen molar-refractivity contribution in [3.8, 4) is 0 Å². The Labute approximate surface area is 110 Å². The summed E-state index contributed by atoms with van der Waals surface area (Å²) >= 11 is 9.25. The second-order valence-electron chi connectivity index (χ2n) is 4.19. The molecule has 0 saturated heterocycles. The first kappa shape index (κ1) is 13.7. The fourth-order valence-electron chi connectivity index (χ4n) is 1.50. The smallest absolute Gasteiger partial charge is 0.140 e. The van der Waals surface area contributed by atoms with Crippen LogP contribution in [0.15, 0.2) is 16.7 Å². The first-order valence-corrected chi connectivity index (χ1v) is 6.47. The van der Waals surface area contributed by atoms with Crippen molar-refractivity contribution in [1.82, 2.24) is 4.98 Å². The molecule has 0 fully saturated rings. The standard InChI is InChI=1S/C11H17BrClN3/c1-7(2)3-9(5-14)16-11-10(12)4-8(13)6-15-11/h4,6-7,9H,3,5,14H2,1-2H3,(H,15,16). The SMILES string of the molecule is CC(C)CC(CN)Nc1ncc(Cl)cc1Br. The molecule has 0 saturated carbocycles. The molecule has 1 aromatic rings. The number of halogens is 2. The van der Waals surface area contributed by atoms with Gasteiger partial charge in [-0.3, -0.25) is 0 Å². The highest BCUT2D eigenvalue weighted by atomic mass is 79.9. The first-order chi connectivity index (χ1) is 7.52. The minimum atomic E-state index is 0.241. The third kappa shape index (κ3) is 4.28. The molecule has 0 spiro atoms. The molecule has 1 atom stereocenters. The summed E-state index contributed by atoms with van der Waals surface area (Å²) in [5, 5.41) is 3.93. The highest BCUT2D eigenvalue weighted by Gasteiger charge is 2.11. The molecule has 5 heteroatoms. The van der Waals surface area contributed by atoms with E-state index in [4.69, 9.17) is 17.3 Å². The molecule has 1 heterocycles. The average molecular weight is 307 g/mol. The number of rotatable bonds is 5. The Morgan fingerprint density at radius 3 is 2.75 bits per heavy atom. The van der Waals surface area contributed by atoms with Crippen molar-refractivity contribution in [2.75, 3.05) is 11.9 Å². The van der Waals surface area contributed by atoms with E-state index < -0.39 is 0 Å². The van der Waals surface area contributed by atoms with Crippen LogP contribution >= 0.6 is 27.5 Å². The first-order valence-electron chi connectivity index (χ1n) is 5.30. The summed E-state index contributed by atoms with van der Waals surface area (Å²) in [4.78, 5) is 4.23. The van der Waals surface area contributed by atoms with Crippen LogP contribution in [0, 0.1) is 5.92 Å². The Balaban J connectivity index is 2.70. The molecule has 1 aromatic heterocycles. The summed E-state index contributed by atoms with van der Waals surface area (Å²) in [5.41, 5.74) is 5.72. The molecule has 0 aromatic carbocycles. The lowest BCUT2D eigenvalue weighted by Crippen LogP contribution is -2.30. The second-order valence-corrected chi connectivity index (χ2v) is 5.48. The molecular weight excluding hydrogens is 289 g/mol. The van der Waals surface area contributed by atoms with Crippen molar-refractivity contribution < 1.29 is 0 Å². The third-order valence-electron chi connectivity index (χ3n) is 2.19. The van der Waals surface area contributed by atoms with E-state index in [2.05, 4.69) is 40.1 Å². The highest BCUT2D eigenvalue weighted by molar-refractivity contribution is 9.10. The van der Waals surface area contributed by atoms with Crippen LogP contribution in [0.1, 0.15) is 20.3 Å². The zero-order valence-electron chi connectivity index (χ0n) is 9.50. The maximum absolute atomic E-state index is 5.83. The van der Waals surface area contributed by atoms with Crippen LogP contribution in [0.25, 0.3) is 0 Å². The molecule has 0 aliphatic heterocycles. The van der Waals surface area contributed by atoms with E-state index in [1.165, 1.54) is 0 Å². The Kier molecular flexibility index (Phi) is 5.52. The van der Waals surface area contributed by atoms with Gasteiger partial charge in [0.05, 0.1) is 9.50 Å². The Morgan fingerprint density at radius 1 is 1.56 bits per heavy atom. The molecule has 3 N–H and O–H groups in total. The lowest BCUT2D eigenvalue weighted by atomic mass is 10.0. The molecule has 0 aliphatic carbocycles. The molecule has 0 radical (unpaired) electrons. The minimum absolute atomic E-state index is 0.241. The van der Waals surface area contributed by atoms with E-state index in [0.29, 0.717) is 17.5 Å². The van der Waals surface area contributed by atoms with Crippen LogP contribution in [-0.2, 0) is 0 Å². The lowest BCUT2D eigenvalue weighted by Gasteiger charge is -2.20. The van der Waals surface area contributed by atoms with Gasteiger partial charge in [-0.05, 0) is 34.3 Å². The predicted molar refractivity (Wildman–Crippen MR) is 72.9 cm³/mol. The summed E-state index contributed by atoms with van der Waals surface area (Å²) in [6, 6.07) is 2.06. The van der Waals surface area contributed by atoms with Gasteiger partial charge in [0.2, 0.25) is 0 Å². The maximum Gasteiger partial charge on any atom is 0.140 e. The van der Waals surface area contributed by atoms with Gasteiger partial charge in [0, 0.05) is 18.8 Å². The number of hydrogen-bond acceptors (Lipinski definition) is 3. The third-order valence-corrected chi connectivity index (χ3v) is 3.00. The van der Waals surface area contributed by atoms with Crippen molar-refractivity contribution in [2.45, 2.75) is 26.3 Å². The van der Waals surface area contributed by atoms with E-state index in [0.717, 1.165) is 16.7 Å². The van der Waals surface area contributed by atoms with Gasteiger partial charge in [0.15, 0.2) is 0 Å². The zero-order chi connectivity index (χ0) is 12.1. The van der Waals surface area contributed by atoms with E-state index in [9.17, 15) is 0 Å². The summed E-state index contributed by atoms with van der Waals surface area (Å²) in [7, 11) is 0. The van der Waals surface area contributed by atoms with E-state index in [1.807, 2.05) is 6.07 Å². The van der Waals surface area contributed by atoms with Crippen LogP contribution < -0.4 is 11.1 Å². The quantitative estimate of drug-likeness (QED) is 0.877. The molecule has 0 bridgehead atoms. The van der Waals surface area contributed by atoms with Crippen LogP contribution in [0.2, 0.25) is 5.02 Å². The van der Waals surface area contributed by atoms with Gasteiger partial charge in [0.1, 0.15) is 5.82 Å². The van der Waals surface area contributed by atoms with Crippen LogP contribution in [-0.4, -0.2) is 17.6 Å². The topological polar surface area (TPSA) is 50.9 Å². The van der Waals surface area contributed by atoms with Gasteiger partial charge in [-0.25, -0.2) is 4.98 Å². The molecule has 3 nitrogen and oxygen atoms in total. The normalized spacial score (nSPS) is 12.9. The fraction of sp³-hybridized carbons (Fsp3) is 0.545. The molecule has 90 valence electrons. The van der Waals surface area contributed by atoms with Crippen LogP contribution in [0.3, 0.4) is 0 Å². The number of nitrogens with one attached hydrogen (secondary N) is 1. The summed E-state index contributed by atoms with van der Waals surface area (Å²) < 4.78 is 0.863. The molecule has 1 rings (SSSR count). The Bertz CT molecular complexity index is 344. The number of nitrogens with two attached hydrogens (primary N) is 1. The molecule has 0 aliphatic rings. The number of aromatic nitrogens is 1. The maximum atomic E-state index is 5.83. The molecule has 0 amide bonds. The summed E-state index contributed by atoms with van der Waals surface area (Å²) in [6.07, 6.45) is 2.64. The van der Waals surface area contributed by atoms with Crippen molar-refractivity contribution in [2.24, 2.45) is 11.7 Å².